The first-order valence-corrected chi connectivity index (χ1v) is 11.2. The third-order valence-corrected chi connectivity index (χ3v) is 6.03. The van der Waals surface area contributed by atoms with Crippen LogP contribution in [0.5, 0.6) is 0 Å². The third kappa shape index (κ3) is 4.46. The van der Waals surface area contributed by atoms with Gasteiger partial charge in [-0.1, -0.05) is 47.5 Å². The van der Waals surface area contributed by atoms with Crippen molar-refractivity contribution in [1.29, 1.82) is 0 Å². The van der Waals surface area contributed by atoms with Gasteiger partial charge in [0, 0.05) is 17.3 Å². The van der Waals surface area contributed by atoms with Gasteiger partial charge in [0.15, 0.2) is 0 Å². The number of fused-ring (bicyclic) bond motifs is 1. The van der Waals surface area contributed by atoms with Crippen molar-refractivity contribution in [2.45, 2.75) is 6.92 Å². The number of rotatable bonds is 5. The molecule has 0 spiro atoms. The van der Waals surface area contributed by atoms with Crippen molar-refractivity contribution in [3.8, 4) is 17.0 Å². The average molecular weight is 489 g/mol. The zero-order valence-electron chi connectivity index (χ0n) is 18.0. The van der Waals surface area contributed by atoms with Gasteiger partial charge < -0.3 is 9.73 Å². The molecule has 0 saturated heterocycles. The summed E-state index contributed by atoms with van der Waals surface area (Å²) in [5.41, 5.74) is 4.52. The zero-order chi connectivity index (χ0) is 23.7. The molecular weight excluding hydrogens is 471 g/mol. The number of aromatic nitrogens is 3. The lowest BCUT2D eigenvalue weighted by atomic mass is 10.1. The molecule has 0 saturated carbocycles. The normalized spacial score (nSPS) is 11.4. The smallest absolute Gasteiger partial charge is 0.248 e. The Morgan fingerprint density at radius 1 is 0.971 bits per heavy atom. The van der Waals surface area contributed by atoms with E-state index >= 15 is 0 Å². The molecule has 0 aliphatic carbocycles. The second-order valence-corrected chi connectivity index (χ2v) is 8.39. The van der Waals surface area contributed by atoms with Gasteiger partial charge in [-0.3, -0.25) is 4.79 Å². The maximum Gasteiger partial charge on any atom is 0.248 e. The van der Waals surface area contributed by atoms with Crippen molar-refractivity contribution in [3.05, 3.63) is 100 Å². The van der Waals surface area contributed by atoms with Gasteiger partial charge in [0.05, 0.1) is 15.7 Å². The maximum atomic E-state index is 12.6. The van der Waals surface area contributed by atoms with Gasteiger partial charge in [0.25, 0.3) is 0 Å². The lowest BCUT2D eigenvalue weighted by Crippen LogP contribution is -2.08. The molecule has 0 unspecified atom stereocenters. The minimum Gasteiger partial charge on any atom is -0.457 e. The molecule has 0 aliphatic heterocycles. The molecule has 5 rings (SSSR count). The minimum atomic E-state index is -0.295. The summed E-state index contributed by atoms with van der Waals surface area (Å²) >= 11 is 12.3. The third-order valence-electron chi connectivity index (χ3n) is 5.21. The first kappa shape index (κ1) is 21.9. The Labute approximate surface area is 205 Å². The van der Waals surface area contributed by atoms with E-state index in [1.54, 1.807) is 35.1 Å². The lowest BCUT2D eigenvalue weighted by molar-refractivity contribution is -0.111. The molecule has 2 heterocycles. The molecule has 8 heteroatoms. The molecule has 2 aromatic heterocycles. The predicted molar refractivity (Wildman–Crippen MR) is 135 cm³/mol. The molecule has 0 fully saturated rings. The molecule has 0 radical (unpaired) electrons. The molecule has 1 amide bonds. The van der Waals surface area contributed by atoms with Crippen LogP contribution in [0.2, 0.25) is 10.0 Å². The number of carbonyl (C=O) groups excluding carboxylic acids is 1. The van der Waals surface area contributed by atoms with Crippen molar-refractivity contribution >= 4 is 51.9 Å². The number of hydrogen-bond acceptors (Lipinski definition) is 4. The van der Waals surface area contributed by atoms with E-state index in [2.05, 4.69) is 15.5 Å². The second-order valence-electron chi connectivity index (χ2n) is 7.61. The Morgan fingerprint density at radius 2 is 1.74 bits per heavy atom. The van der Waals surface area contributed by atoms with Crippen LogP contribution in [0.1, 0.15) is 11.3 Å². The van der Waals surface area contributed by atoms with Gasteiger partial charge in [-0.25, -0.2) is 0 Å². The first-order chi connectivity index (χ1) is 16.5. The van der Waals surface area contributed by atoms with Crippen LogP contribution >= 0.6 is 23.2 Å². The summed E-state index contributed by atoms with van der Waals surface area (Å²) in [6.45, 7) is 1.91. The van der Waals surface area contributed by atoms with Crippen LogP contribution in [0.15, 0.2) is 83.3 Å². The number of nitrogens with one attached hydrogen (secondary N) is 1. The SMILES string of the molecule is Cc1cc2nn(-c3ccccc3)nc2cc1NC(=O)/C=C/c1ccc(-c2cccc(Cl)c2Cl)o1. The van der Waals surface area contributed by atoms with E-state index in [-0.39, 0.29) is 5.91 Å². The van der Waals surface area contributed by atoms with Gasteiger partial charge in [0.2, 0.25) is 5.91 Å². The van der Waals surface area contributed by atoms with Gasteiger partial charge in [-0.05, 0) is 67.1 Å². The van der Waals surface area contributed by atoms with Crippen molar-refractivity contribution in [2.75, 3.05) is 5.32 Å². The molecule has 34 heavy (non-hydrogen) atoms. The highest BCUT2D eigenvalue weighted by Gasteiger charge is 2.12. The molecule has 168 valence electrons. The topological polar surface area (TPSA) is 73.0 Å². The van der Waals surface area contributed by atoms with E-state index in [1.807, 2.05) is 55.5 Å². The van der Waals surface area contributed by atoms with E-state index in [1.165, 1.54) is 6.08 Å². The highest BCUT2D eigenvalue weighted by molar-refractivity contribution is 6.43. The van der Waals surface area contributed by atoms with Crippen molar-refractivity contribution in [3.63, 3.8) is 0 Å². The monoisotopic (exact) mass is 488 g/mol. The van der Waals surface area contributed by atoms with Crippen molar-refractivity contribution in [1.82, 2.24) is 15.0 Å². The van der Waals surface area contributed by atoms with E-state index in [0.717, 1.165) is 16.8 Å². The first-order valence-electron chi connectivity index (χ1n) is 10.4. The second kappa shape index (κ2) is 9.17. The average Bonchev–Trinajstić information content (AvgIpc) is 3.47. The Hall–Kier alpha value is -3.87. The Balaban J connectivity index is 1.32. The van der Waals surface area contributed by atoms with E-state index in [0.29, 0.717) is 38.3 Å². The van der Waals surface area contributed by atoms with E-state index < -0.39 is 0 Å². The van der Waals surface area contributed by atoms with Crippen LogP contribution in [0.25, 0.3) is 34.1 Å². The quantitative estimate of drug-likeness (QED) is 0.271. The highest BCUT2D eigenvalue weighted by atomic mass is 35.5. The fraction of sp³-hybridized carbons (Fsp3) is 0.0385. The molecular formula is C26H18Cl2N4O2. The molecule has 1 N–H and O–H groups in total. The maximum absolute atomic E-state index is 12.6. The number of nitrogens with zero attached hydrogens (tertiary/aromatic N) is 3. The lowest BCUT2D eigenvalue weighted by Gasteiger charge is -2.05. The van der Waals surface area contributed by atoms with Gasteiger partial charge in [-0.15, -0.1) is 10.2 Å². The molecule has 3 aromatic carbocycles. The van der Waals surface area contributed by atoms with Gasteiger partial charge >= 0.3 is 0 Å². The zero-order valence-corrected chi connectivity index (χ0v) is 19.5. The highest BCUT2D eigenvalue weighted by Crippen LogP contribution is 2.34. The summed E-state index contributed by atoms with van der Waals surface area (Å²) in [7, 11) is 0. The number of halogens is 2. The number of aryl methyl sites for hydroxylation is 1. The Morgan fingerprint density at radius 3 is 2.53 bits per heavy atom. The summed E-state index contributed by atoms with van der Waals surface area (Å²) in [6, 6.07) is 22.2. The predicted octanol–water partition coefficient (Wildman–Crippen LogP) is 6.95. The summed E-state index contributed by atoms with van der Waals surface area (Å²) in [6.07, 6.45) is 3.00. The summed E-state index contributed by atoms with van der Waals surface area (Å²) < 4.78 is 5.80. The summed E-state index contributed by atoms with van der Waals surface area (Å²) in [5.74, 6) is 0.783. The van der Waals surface area contributed by atoms with Crippen LogP contribution in [0.3, 0.4) is 0 Å². The summed E-state index contributed by atoms with van der Waals surface area (Å²) in [4.78, 5) is 14.1. The number of carbonyl (C=O) groups is 1. The van der Waals surface area contributed by atoms with Crippen LogP contribution in [-0.4, -0.2) is 20.9 Å². The van der Waals surface area contributed by atoms with Crippen molar-refractivity contribution in [2.24, 2.45) is 0 Å². The number of furan rings is 1. The molecule has 5 aromatic rings. The number of benzene rings is 3. The Bertz CT molecular complexity index is 1540. The molecule has 0 atom stereocenters. The largest absolute Gasteiger partial charge is 0.457 e. The van der Waals surface area contributed by atoms with Crippen molar-refractivity contribution < 1.29 is 9.21 Å². The van der Waals surface area contributed by atoms with Crippen LogP contribution in [0.4, 0.5) is 5.69 Å². The number of para-hydroxylation sites is 1. The summed E-state index contributed by atoms with van der Waals surface area (Å²) in [5, 5.41) is 12.8. The van der Waals surface area contributed by atoms with Crippen LogP contribution < -0.4 is 5.32 Å². The molecule has 0 aliphatic rings. The minimum absolute atomic E-state index is 0.295. The Kier molecular flexibility index (Phi) is 5.92. The van der Waals surface area contributed by atoms with E-state index in [4.69, 9.17) is 27.6 Å². The number of anilines is 1. The fourth-order valence-electron chi connectivity index (χ4n) is 3.49. The number of hydrogen-bond donors (Lipinski definition) is 1. The van der Waals surface area contributed by atoms with Crippen LogP contribution in [0, 0.1) is 6.92 Å². The van der Waals surface area contributed by atoms with Crippen LogP contribution in [-0.2, 0) is 4.79 Å². The molecule has 6 nitrogen and oxygen atoms in total. The number of amides is 1. The van der Waals surface area contributed by atoms with Gasteiger partial charge in [-0.2, -0.15) is 4.80 Å². The van der Waals surface area contributed by atoms with Gasteiger partial charge in [0.1, 0.15) is 22.6 Å². The fourth-order valence-corrected chi connectivity index (χ4v) is 3.89. The molecule has 0 bridgehead atoms. The standard InChI is InChI=1S/C26H18Cl2N4O2/c1-16-14-22-23(31-32(30-22)17-6-3-2-4-7-17)15-21(16)29-25(33)13-11-18-10-12-24(34-18)19-8-5-9-20(27)26(19)28/h2-15H,1H3,(H,29,33)/b13-11+. The van der Waals surface area contributed by atoms with E-state index in [9.17, 15) is 4.79 Å².